The lowest BCUT2D eigenvalue weighted by Gasteiger charge is -2.06. The normalized spacial score (nSPS) is 10.6. The third-order valence-electron chi connectivity index (χ3n) is 3.79. The average molecular weight is 387 g/mol. The maximum absolute atomic E-state index is 11.0. The Morgan fingerprint density at radius 3 is 2.56 bits per heavy atom. The highest BCUT2D eigenvalue weighted by Crippen LogP contribution is 2.30. The third-order valence-corrected chi connectivity index (χ3v) is 4.66. The molecule has 0 unspecified atom stereocenters. The number of thioether (sulfide) groups is 1. The van der Waals surface area contributed by atoms with Crippen molar-refractivity contribution in [1.82, 2.24) is 10.2 Å². The van der Waals surface area contributed by atoms with Crippen LogP contribution in [-0.4, -0.2) is 29.3 Å². The van der Waals surface area contributed by atoms with Crippen LogP contribution in [0.25, 0.3) is 0 Å². The smallest absolute Gasteiger partial charge is 0.276 e. The number of hydrogen-bond acceptors (Lipinski definition) is 8. The zero-order valence-corrected chi connectivity index (χ0v) is 15.6. The molecular formula is C18H17N3O5S. The van der Waals surface area contributed by atoms with Crippen LogP contribution in [0.15, 0.2) is 52.1 Å². The molecule has 0 saturated carbocycles. The monoisotopic (exact) mass is 387 g/mol. The van der Waals surface area contributed by atoms with Gasteiger partial charge in [-0.2, -0.15) is 0 Å². The minimum atomic E-state index is -0.437. The van der Waals surface area contributed by atoms with Crippen LogP contribution in [0.3, 0.4) is 0 Å². The molecule has 0 fully saturated rings. The molecule has 0 spiro atoms. The molecule has 0 aliphatic carbocycles. The molecule has 0 aliphatic heterocycles. The summed E-state index contributed by atoms with van der Waals surface area (Å²) in [4.78, 5) is 10.5. The summed E-state index contributed by atoms with van der Waals surface area (Å²) < 4.78 is 16.0. The molecule has 0 bridgehead atoms. The molecule has 0 radical (unpaired) electrons. The van der Waals surface area contributed by atoms with Gasteiger partial charge in [0.15, 0.2) is 0 Å². The molecule has 140 valence electrons. The van der Waals surface area contributed by atoms with Crippen LogP contribution in [0.1, 0.15) is 17.0 Å². The van der Waals surface area contributed by atoms with E-state index < -0.39 is 4.92 Å². The SMILES string of the molecule is COc1ccc(Cc2nnc(SCc3cc([N+](=O)[O-])ccc3OC)o2)cc1. The zero-order valence-electron chi connectivity index (χ0n) is 14.7. The van der Waals surface area contributed by atoms with Gasteiger partial charge in [-0.1, -0.05) is 23.9 Å². The van der Waals surface area contributed by atoms with Crippen molar-refractivity contribution in [1.29, 1.82) is 0 Å². The fourth-order valence-electron chi connectivity index (χ4n) is 2.42. The summed E-state index contributed by atoms with van der Waals surface area (Å²) in [5.74, 6) is 2.26. The first-order valence-corrected chi connectivity index (χ1v) is 8.97. The van der Waals surface area contributed by atoms with Gasteiger partial charge < -0.3 is 13.9 Å². The number of ether oxygens (including phenoxy) is 2. The van der Waals surface area contributed by atoms with Gasteiger partial charge in [0.05, 0.1) is 25.6 Å². The number of rotatable bonds is 8. The van der Waals surface area contributed by atoms with Crippen molar-refractivity contribution in [3.63, 3.8) is 0 Å². The number of nitro groups is 1. The molecule has 1 heterocycles. The van der Waals surface area contributed by atoms with Crippen LogP contribution < -0.4 is 9.47 Å². The van der Waals surface area contributed by atoms with Gasteiger partial charge in [0.2, 0.25) is 5.89 Å². The molecule has 0 saturated heterocycles. The van der Waals surface area contributed by atoms with Crippen LogP contribution in [0.4, 0.5) is 5.69 Å². The Morgan fingerprint density at radius 2 is 1.89 bits per heavy atom. The Hall–Kier alpha value is -3.07. The lowest BCUT2D eigenvalue weighted by molar-refractivity contribution is -0.384. The maximum atomic E-state index is 11.0. The molecule has 27 heavy (non-hydrogen) atoms. The summed E-state index contributed by atoms with van der Waals surface area (Å²) >= 11 is 1.30. The van der Waals surface area contributed by atoms with Crippen LogP contribution >= 0.6 is 11.8 Å². The van der Waals surface area contributed by atoms with Crippen molar-refractivity contribution < 1.29 is 18.8 Å². The summed E-state index contributed by atoms with van der Waals surface area (Å²) in [6.07, 6.45) is 0.512. The van der Waals surface area contributed by atoms with Crippen molar-refractivity contribution in [2.75, 3.05) is 14.2 Å². The lowest BCUT2D eigenvalue weighted by atomic mass is 10.1. The number of methoxy groups -OCH3 is 2. The molecular weight excluding hydrogens is 370 g/mol. The summed E-state index contributed by atoms with van der Waals surface area (Å²) in [6.45, 7) is 0. The van der Waals surface area contributed by atoms with Gasteiger partial charge in [0, 0.05) is 23.4 Å². The summed E-state index contributed by atoms with van der Waals surface area (Å²) in [6, 6.07) is 12.1. The summed E-state index contributed by atoms with van der Waals surface area (Å²) in [5.41, 5.74) is 1.72. The van der Waals surface area contributed by atoms with Crippen molar-refractivity contribution >= 4 is 17.4 Å². The fourth-order valence-corrected chi connectivity index (χ4v) is 3.18. The van der Waals surface area contributed by atoms with Crippen LogP contribution in [0, 0.1) is 10.1 Å². The molecule has 0 N–H and O–H groups in total. The highest BCUT2D eigenvalue weighted by Gasteiger charge is 2.14. The van der Waals surface area contributed by atoms with E-state index in [1.807, 2.05) is 24.3 Å². The number of nitro benzene ring substituents is 1. The third kappa shape index (κ3) is 4.76. The van der Waals surface area contributed by atoms with Crippen molar-refractivity contribution in [2.45, 2.75) is 17.4 Å². The van der Waals surface area contributed by atoms with Crippen molar-refractivity contribution in [3.8, 4) is 11.5 Å². The van der Waals surface area contributed by atoms with Gasteiger partial charge in [-0.25, -0.2) is 0 Å². The molecule has 8 nitrogen and oxygen atoms in total. The molecule has 9 heteroatoms. The van der Waals surface area contributed by atoms with E-state index in [4.69, 9.17) is 13.9 Å². The van der Waals surface area contributed by atoms with E-state index in [-0.39, 0.29) is 5.69 Å². The second-order valence-corrected chi connectivity index (χ2v) is 6.46. The van der Waals surface area contributed by atoms with E-state index in [1.54, 1.807) is 13.2 Å². The van der Waals surface area contributed by atoms with E-state index in [2.05, 4.69) is 10.2 Å². The second kappa shape index (κ2) is 8.54. The highest BCUT2D eigenvalue weighted by molar-refractivity contribution is 7.98. The first kappa shape index (κ1) is 18.7. The minimum Gasteiger partial charge on any atom is -0.497 e. The molecule has 2 aromatic carbocycles. The Labute approximate surface area is 159 Å². The Morgan fingerprint density at radius 1 is 1.11 bits per heavy atom. The number of aromatic nitrogens is 2. The first-order chi connectivity index (χ1) is 13.1. The fraction of sp³-hybridized carbons (Fsp3) is 0.222. The first-order valence-electron chi connectivity index (χ1n) is 7.98. The molecule has 0 amide bonds. The number of hydrogen-bond donors (Lipinski definition) is 0. The predicted molar refractivity (Wildman–Crippen MR) is 99.3 cm³/mol. The van der Waals surface area contributed by atoms with E-state index in [0.717, 1.165) is 11.3 Å². The van der Waals surface area contributed by atoms with E-state index in [0.29, 0.717) is 34.6 Å². The Balaban J connectivity index is 1.65. The Kier molecular flexibility index (Phi) is 5.92. The van der Waals surface area contributed by atoms with Crippen LogP contribution in [0.5, 0.6) is 11.5 Å². The van der Waals surface area contributed by atoms with E-state index in [9.17, 15) is 10.1 Å². The number of non-ortho nitro benzene ring substituents is 1. The average Bonchev–Trinajstić information content (AvgIpc) is 3.14. The molecule has 3 aromatic rings. The number of nitrogens with zero attached hydrogens (tertiary/aromatic N) is 3. The van der Waals surface area contributed by atoms with Crippen LogP contribution in [-0.2, 0) is 12.2 Å². The largest absolute Gasteiger partial charge is 0.497 e. The van der Waals surface area contributed by atoms with Gasteiger partial charge in [0.1, 0.15) is 11.5 Å². The van der Waals surface area contributed by atoms with Crippen LogP contribution in [0.2, 0.25) is 0 Å². The van der Waals surface area contributed by atoms with E-state index >= 15 is 0 Å². The van der Waals surface area contributed by atoms with E-state index in [1.165, 1.54) is 31.0 Å². The Bertz CT molecular complexity index is 927. The highest BCUT2D eigenvalue weighted by atomic mass is 32.2. The van der Waals surface area contributed by atoms with Gasteiger partial charge >= 0.3 is 0 Å². The molecule has 0 atom stereocenters. The van der Waals surface area contributed by atoms with Crippen molar-refractivity contribution in [3.05, 3.63) is 69.6 Å². The zero-order chi connectivity index (χ0) is 19.2. The van der Waals surface area contributed by atoms with Gasteiger partial charge in [0.25, 0.3) is 10.9 Å². The summed E-state index contributed by atoms with van der Waals surface area (Å²) in [5, 5.41) is 19.4. The number of benzene rings is 2. The predicted octanol–water partition coefficient (Wildman–Crippen LogP) is 3.88. The quantitative estimate of drug-likeness (QED) is 0.326. The lowest BCUT2D eigenvalue weighted by Crippen LogP contribution is -1.94. The summed E-state index contributed by atoms with van der Waals surface area (Å²) in [7, 11) is 3.14. The molecule has 3 rings (SSSR count). The molecule has 1 aromatic heterocycles. The molecule has 0 aliphatic rings. The topological polar surface area (TPSA) is 101 Å². The van der Waals surface area contributed by atoms with Gasteiger partial charge in [-0.05, 0) is 23.8 Å². The van der Waals surface area contributed by atoms with Gasteiger partial charge in [-0.15, -0.1) is 10.2 Å². The standard InChI is InChI=1S/C18H17N3O5S/c1-24-15-6-3-12(4-7-15)9-17-19-20-18(26-17)27-11-13-10-14(21(22)23)5-8-16(13)25-2/h3-8,10H,9,11H2,1-2H3. The second-order valence-electron chi connectivity index (χ2n) is 5.53. The van der Waals surface area contributed by atoms with Crippen molar-refractivity contribution in [2.24, 2.45) is 0 Å². The minimum absolute atomic E-state index is 0.0112. The van der Waals surface area contributed by atoms with Gasteiger partial charge in [-0.3, -0.25) is 10.1 Å². The maximum Gasteiger partial charge on any atom is 0.276 e.